The lowest BCUT2D eigenvalue weighted by atomic mass is 9.95. The third kappa shape index (κ3) is 3.54. The first-order valence-corrected chi connectivity index (χ1v) is 5.28. The Kier molecular flexibility index (Phi) is 4.20. The van der Waals surface area contributed by atoms with Gasteiger partial charge >= 0.3 is 6.03 Å². The molecule has 0 bridgehead atoms. The standard InChI is InChI=1S/C10H21N3O/c1-8(12-10(14)13(2)3)4-5-9-6-11-7-9/h8-9,11H,4-7H2,1-3H3,(H,12,14). The van der Waals surface area contributed by atoms with Gasteiger partial charge in [-0.25, -0.2) is 4.79 Å². The number of carbonyl (C=O) groups excluding carboxylic acids is 1. The van der Waals surface area contributed by atoms with Crippen molar-refractivity contribution in [3.63, 3.8) is 0 Å². The normalized spacial score (nSPS) is 18.5. The molecule has 1 aliphatic rings. The molecule has 1 atom stereocenters. The maximum absolute atomic E-state index is 11.3. The second-order valence-electron chi connectivity index (χ2n) is 4.35. The first-order chi connectivity index (χ1) is 6.59. The predicted molar refractivity (Wildman–Crippen MR) is 57.3 cm³/mol. The summed E-state index contributed by atoms with van der Waals surface area (Å²) in [6.45, 7) is 4.36. The fourth-order valence-electron chi connectivity index (χ4n) is 1.45. The number of amides is 2. The van der Waals surface area contributed by atoms with Gasteiger partial charge in [-0.2, -0.15) is 0 Å². The van der Waals surface area contributed by atoms with Crippen LogP contribution in [0.1, 0.15) is 19.8 Å². The van der Waals surface area contributed by atoms with Crippen LogP contribution in [0.4, 0.5) is 4.79 Å². The van der Waals surface area contributed by atoms with Crippen LogP contribution in [-0.4, -0.2) is 44.2 Å². The predicted octanol–water partition coefficient (Wildman–Crippen LogP) is 0.646. The second-order valence-corrected chi connectivity index (χ2v) is 4.35. The van der Waals surface area contributed by atoms with Crippen molar-refractivity contribution in [1.29, 1.82) is 0 Å². The molecule has 82 valence electrons. The minimum atomic E-state index is 0.00392. The lowest BCUT2D eigenvalue weighted by molar-refractivity contribution is 0.211. The summed E-state index contributed by atoms with van der Waals surface area (Å²) in [5, 5.41) is 6.20. The van der Waals surface area contributed by atoms with Crippen molar-refractivity contribution < 1.29 is 4.79 Å². The first kappa shape index (κ1) is 11.3. The van der Waals surface area contributed by atoms with E-state index in [-0.39, 0.29) is 12.1 Å². The van der Waals surface area contributed by atoms with Crippen LogP contribution in [0.25, 0.3) is 0 Å². The van der Waals surface area contributed by atoms with Crippen molar-refractivity contribution in [2.45, 2.75) is 25.8 Å². The highest BCUT2D eigenvalue weighted by Gasteiger charge is 2.17. The van der Waals surface area contributed by atoms with Crippen molar-refractivity contribution in [1.82, 2.24) is 15.5 Å². The van der Waals surface area contributed by atoms with E-state index in [1.807, 2.05) is 0 Å². The molecule has 4 nitrogen and oxygen atoms in total. The molecule has 2 N–H and O–H groups in total. The third-order valence-electron chi connectivity index (χ3n) is 2.65. The molecular formula is C10H21N3O. The van der Waals surface area contributed by atoms with Crippen molar-refractivity contribution in [3.8, 4) is 0 Å². The van der Waals surface area contributed by atoms with Crippen molar-refractivity contribution in [2.24, 2.45) is 5.92 Å². The fraction of sp³-hybridized carbons (Fsp3) is 0.900. The lowest BCUT2D eigenvalue weighted by Gasteiger charge is -2.28. The zero-order valence-corrected chi connectivity index (χ0v) is 9.34. The van der Waals surface area contributed by atoms with Crippen LogP contribution < -0.4 is 10.6 Å². The van der Waals surface area contributed by atoms with Crippen LogP contribution in [0, 0.1) is 5.92 Å². The van der Waals surface area contributed by atoms with E-state index < -0.39 is 0 Å². The average molecular weight is 199 g/mol. The van der Waals surface area contributed by atoms with E-state index >= 15 is 0 Å². The number of hydrogen-bond acceptors (Lipinski definition) is 2. The number of urea groups is 1. The third-order valence-corrected chi connectivity index (χ3v) is 2.65. The molecule has 1 rings (SSSR count). The van der Waals surface area contributed by atoms with E-state index in [1.54, 1.807) is 19.0 Å². The van der Waals surface area contributed by atoms with Gasteiger partial charge in [0.25, 0.3) is 0 Å². The number of nitrogens with one attached hydrogen (secondary N) is 2. The molecule has 0 saturated carbocycles. The van der Waals surface area contributed by atoms with Gasteiger partial charge in [0.2, 0.25) is 0 Å². The Labute approximate surface area is 86.0 Å². The zero-order valence-electron chi connectivity index (χ0n) is 9.34. The summed E-state index contributed by atoms with van der Waals surface area (Å²) in [7, 11) is 3.52. The zero-order chi connectivity index (χ0) is 10.6. The van der Waals surface area contributed by atoms with E-state index in [1.165, 1.54) is 6.42 Å². The Morgan fingerprint density at radius 3 is 2.64 bits per heavy atom. The maximum atomic E-state index is 11.3. The van der Waals surface area contributed by atoms with Gasteiger partial charge in [-0.3, -0.25) is 0 Å². The molecule has 1 heterocycles. The van der Waals surface area contributed by atoms with E-state index in [4.69, 9.17) is 0 Å². The molecule has 0 spiro atoms. The highest BCUT2D eigenvalue weighted by Crippen LogP contribution is 2.12. The van der Waals surface area contributed by atoms with Crippen LogP contribution in [0.2, 0.25) is 0 Å². The van der Waals surface area contributed by atoms with Crippen molar-refractivity contribution >= 4 is 6.03 Å². The molecule has 1 unspecified atom stereocenters. The molecule has 4 heteroatoms. The molecule has 0 aliphatic carbocycles. The second kappa shape index (κ2) is 5.20. The van der Waals surface area contributed by atoms with Gasteiger partial charge in [-0.15, -0.1) is 0 Å². The van der Waals surface area contributed by atoms with E-state index in [0.29, 0.717) is 0 Å². The molecule has 1 aliphatic heterocycles. The minimum absolute atomic E-state index is 0.00392. The summed E-state index contributed by atoms with van der Waals surface area (Å²) in [5.41, 5.74) is 0. The lowest BCUT2D eigenvalue weighted by Crippen LogP contribution is -2.44. The Morgan fingerprint density at radius 2 is 2.21 bits per heavy atom. The van der Waals surface area contributed by atoms with Crippen LogP contribution in [0.5, 0.6) is 0 Å². The van der Waals surface area contributed by atoms with E-state index in [2.05, 4.69) is 17.6 Å². The number of carbonyl (C=O) groups is 1. The van der Waals surface area contributed by atoms with E-state index in [9.17, 15) is 4.79 Å². The Hall–Kier alpha value is -0.770. The quantitative estimate of drug-likeness (QED) is 0.698. The molecule has 0 aromatic heterocycles. The van der Waals surface area contributed by atoms with Gasteiger partial charge in [0.15, 0.2) is 0 Å². The fourth-order valence-corrected chi connectivity index (χ4v) is 1.45. The van der Waals surface area contributed by atoms with Gasteiger partial charge in [0.05, 0.1) is 0 Å². The Bertz CT molecular complexity index is 190. The van der Waals surface area contributed by atoms with Crippen LogP contribution >= 0.6 is 0 Å². The molecule has 1 saturated heterocycles. The summed E-state index contributed by atoms with van der Waals surface area (Å²) in [6, 6.07) is 0.287. The molecular weight excluding hydrogens is 178 g/mol. The topological polar surface area (TPSA) is 44.4 Å². The number of hydrogen-bond donors (Lipinski definition) is 2. The molecule has 0 radical (unpaired) electrons. The Balaban J connectivity index is 2.08. The van der Waals surface area contributed by atoms with Gasteiger partial charge < -0.3 is 15.5 Å². The van der Waals surface area contributed by atoms with Crippen molar-refractivity contribution in [3.05, 3.63) is 0 Å². The summed E-state index contributed by atoms with van der Waals surface area (Å²) >= 11 is 0. The monoisotopic (exact) mass is 199 g/mol. The van der Waals surface area contributed by atoms with Gasteiger partial charge in [-0.05, 0) is 38.8 Å². The van der Waals surface area contributed by atoms with Crippen LogP contribution in [0.15, 0.2) is 0 Å². The van der Waals surface area contributed by atoms with Gasteiger partial charge in [-0.1, -0.05) is 0 Å². The maximum Gasteiger partial charge on any atom is 0.317 e. The Morgan fingerprint density at radius 1 is 1.57 bits per heavy atom. The van der Waals surface area contributed by atoms with Gasteiger partial charge in [0, 0.05) is 20.1 Å². The van der Waals surface area contributed by atoms with E-state index in [0.717, 1.165) is 25.4 Å². The summed E-state index contributed by atoms with van der Waals surface area (Å²) in [4.78, 5) is 12.9. The largest absolute Gasteiger partial charge is 0.336 e. The van der Waals surface area contributed by atoms with Crippen LogP contribution in [0.3, 0.4) is 0 Å². The molecule has 2 amide bonds. The van der Waals surface area contributed by atoms with Crippen LogP contribution in [-0.2, 0) is 0 Å². The highest BCUT2D eigenvalue weighted by atomic mass is 16.2. The smallest absolute Gasteiger partial charge is 0.317 e. The first-order valence-electron chi connectivity index (χ1n) is 5.28. The molecule has 0 aromatic rings. The van der Waals surface area contributed by atoms with Gasteiger partial charge in [0.1, 0.15) is 0 Å². The van der Waals surface area contributed by atoms with Crippen molar-refractivity contribution in [2.75, 3.05) is 27.2 Å². The SMILES string of the molecule is CC(CCC1CNC1)NC(=O)N(C)C. The summed E-state index contributed by atoms with van der Waals surface area (Å²) in [5.74, 6) is 0.828. The average Bonchev–Trinajstić information content (AvgIpc) is 2.00. The highest BCUT2D eigenvalue weighted by molar-refractivity contribution is 5.73. The number of nitrogens with zero attached hydrogens (tertiary/aromatic N) is 1. The number of rotatable bonds is 4. The molecule has 0 aromatic carbocycles. The molecule has 14 heavy (non-hydrogen) atoms. The summed E-state index contributed by atoms with van der Waals surface area (Å²) < 4.78 is 0. The summed E-state index contributed by atoms with van der Waals surface area (Å²) in [6.07, 6.45) is 2.29. The molecule has 1 fully saturated rings. The minimum Gasteiger partial charge on any atom is -0.336 e.